The van der Waals surface area contributed by atoms with Crippen molar-refractivity contribution in [3.63, 3.8) is 0 Å². The van der Waals surface area contributed by atoms with E-state index in [4.69, 9.17) is 0 Å². The van der Waals surface area contributed by atoms with Crippen LogP contribution < -0.4 is 15.5 Å². The van der Waals surface area contributed by atoms with Crippen molar-refractivity contribution in [2.45, 2.75) is 39.8 Å². The van der Waals surface area contributed by atoms with Gasteiger partial charge >= 0.3 is 0 Å². The average molecular weight is 358 g/mol. The van der Waals surface area contributed by atoms with Crippen LogP contribution in [0.1, 0.15) is 29.4 Å². The number of nitrogens with one attached hydrogen (secondary N) is 2. The summed E-state index contributed by atoms with van der Waals surface area (Å²) < 4.78 is 1.94. The number of nitrogens with zero attached hydrogens (tertiary/aromatic N) is 5. The Labute approximate surface area is 156 Å². The van der Waals surface area contributed by atoms with Crippen LogP contribution in [0.4, 0.5) is 5.82 Å². The number of hydrogen-bond acceptors (Lipinski definition) is 4. The number of hydrogen-bond donors (Lipinski definition) is 2. The van der Waals surface area contributed by atoms with Crippen molar-refractivity contribution in [3.8, 4) is 0 Å². The van der Waals surface area contributed by atoms with Gasteiger partial charge in [0.15, 0.2) is 5.96 Å². The van der Waals surface area contributed by atoms with Gasteiger partial charge in [0.25, 0.3) is 0 Å². The van der Waals surface area contributed by atoms with E-state index in [2.05, 4.69) is 52.5 Å². The lowest BCUT2D eigenvalue weighted by atomic mass is 10.1. The van der Waals surface area contributed by atoms with Crippen LogP contribution in [0.3, 0.4) is 0 Å². The third-order valence-corrected chi connectivity index (χ3v) is 4.50. The fraction of sp³-hybridized carbons (Fsp3) is 0.526. The summed E-state index contributed by atoms with van der Waals surface area (Å²) in [7, 11) is 7.76. The van der Waals surface area contributed by atoms with Gasteiger partial charge in [-0.3, -0.25) is 9.67 Å². The first-order valence-corrected chi connectivity index (χ1v) is 8.90. The smallest absolute Gasteiger partial charge is 0.191 e. The summed E-state index contributed by atoms with van der Waals surface area (Å²) in [4.78, 5) is 10.7. The van der Waals surface area contributed by atoms with E-state index >= 15 is 0 Å². The Bertz CT molecular complexity index is 761. The molecule has 0 bridgehead atoms. The summed E-state index contributed by atoms with van der Waals surface area (Å²) in [6.45, 7) is 7.03. The number of anilines is 1. The highest BCUT2D eigenvalue weighted by Gasteiger charge is 2.14. The first kappa shape index (κ1) is 19.8. The van der Waals surface area contributed by atoms with E-state index in [1.807, 2.05) is 43.0 Å². The molecule has 7 heteroatoms. The molecule has 26 heavy (non-hydrogen) atoms. The molecule has 1 atom stereocenters. The Morgan fingerprint density at radius 2 is 2.08 bits per heavy atom. The second-order valence-corrected chi connectivity index (χ2v) is 6.86. The molecule has 0 aliphatic carbocycles. The monoisotopic (exact) mass is 357 g/mol. The zero-order valence-electron chi connectivity index (χ0n) is 17.0. The zero-order valence-corrected chi connectivity index (χ0v) is 17.0. The molecule has 0 saturated heterocycles. The molecular weight excluding hydrogens is 326 g/mol. The maximum absolute atomic E-state index is 4.49. The first-order valence-electron chi connectivity index (χ1n) is 8.90. The van der Waals surface area contributed by atoms with E-state index in [1.165, 1.54) is 16.8 Å². The van der Waals surface area contributed by atoms with Crippen LogP contribution in [0, 0.1) is 13.8 Å². The summed E-state index contributed by atoms with van der Waals surface area (Å²) >= 11 is 0. The fourth-order valence-electron chi connectivity index (χ4n) is 2.90. The molecule has 2 N–H and O–H groups in total. The Balaban J connectivity index is 1.94. The van der Waals surface area contributed by atoms with Gasteiger partial charge in [-0.25, -0.2) is 4.98 Å². The van der Waals surface area contributed by atoms with Crippen molar-refractivity contribution in [2.24, 2.45) is 12.0 Å². The highest BCUT2D eigenvalue weighted by molar-refractivity contribution is 5.80. The number of guanidine groups is 1. The Morgan fingerprint density at radius 1 is 1.35 bits per heavy atom. The van der Waals surface area contributed by atoms with Crippen LogP contribution in [0.25, 0.3) is 0 Å². The maximum Gasteiger partial charge on any atom is 0.191 e. The van der Waals surface area contributed by atoms with Crippen molar-refractivity contribution in [1.29, 1.82) is 0 Å². The standard InChI is InChI=1S/C19H31N7/c1-13(10-17-14(2)24-26(7)15(17)3)23-19(20-4)22-12-16-8-9-21-18(11-16)25(5)6/h8-9,11,13H,10,12H2,1-7H3,(H2,20,22,23). The third kappa shape index (κ3) is 4.97. The van der Waals surface area contributed by atoms with Crippen molar-refractivity contribution < 1.29 is 0 Å². The van der Waals surface area contributed by atoms with Crippen molar-refractivity contribution in [1.82, 2.24) is 25.4 Å². The third-order valence-electron chi connectivity index (χ3n) is 4.50. The molecule has 142 valence electrons. The lowest BCUT2D eigenvalue weighted by Crippen LogP contribution is -2.42. The van der Waals surface area contributed by atoms with Crippen molar-refractivity contribution in [3.05, 3.63) is 40.8 Å². The van der Waals surface area contributed by atoms with Crippen molar-refractivity contribution in [2.75, 3.05) is 26.0 Å². The minimum absolute atomic E-state index is 0.248. The summed E-state index contributed by atoms with van der Waals surface area (Å²) in [5.41, 5.74) is 4.77. The van der Waals surface area contributed by atoms with Gasteiger partial charge in [0.05, 0.1) is 5.69 Å². The SMILES string of the molecule is CN=C(NCc1ccnc(N(C)C)c1)NC(C)Cc1c(C)nn(C)c1C. The molecule has 2 rings (SSSR count). The molecule has 2 aromatic heterocycles. The van der Waals surface area contributed by atoms with Crippen LogP contribution in [0.15, 0.2) is 23.3 Å². The van der Waals surface area contributed by atoms with Crippen LogP contribution in [0.2, 0.25) is 0 Å². The summed E-state index contributed by atoms with van der Waals surface area (Å²) in [6.07, 6.45) is 2.74. The molecule has 0 amide bonds. The number of rotatable bonds is 6. The number of aliphatic imine (C=N–C) groups is 1. The van der Waals surface area contributed by atoms with E-state index in [9.17, 15) is 0 Å². The predicted octanol–water partition coefficient (Wildman–Crippen LogP) is 1.79. The topological polar surface area (TPSA) is 70.4 Å². The molecule has 1 unspecified atom stereocenters. The molecule has 0 radical (unpaired) electrons. The minimum Gasteiger partial charge on any atom is -0.363 e. The Morgan fingerprint density at radius 3 is 2.65 bits per heavy atom. The molecule has 2 heterocycles. The van der Waals surface area contributed by atoms with Crippen LogP contribution in [-0.2, 0) is 20.0 Å². The molecule has 0 fully saturated rings. The van der Waals surface area contributed by atoms with E-state index < -0.39 is 0 Å². The number of aryl methyl sites for hydroxylation is 2. The summed E-state index contributed by atoms with van der Waals surface area (Å²) in [5.74, 6) is 1.74. The quantitative estimate of drug-likeness (QED) is 0.609. The minimum atomic E-state index is 0.248. The normalized spacial score (nSPS) is 12.8. The molecule has 0 aliphatic rings. The van der Waals surface area contributed by atoms with Crippen LogP contribution in [0.5, 0.6) is 0 Å². The Kier molecular flexibility index (Phi) is 6.60. The van der Waals surface area contributed by atoms with Gasteiger partial charge in [0, 0.05) is 52.7 Å². The second kappa shape index (κ2) is 8.69. The lowest BCUT2D eigenvalue weighted by molar-refractivity contribution is 0.635. The second-order valence-electron chi connectivity index (χ2n) is 6.86. The van der Waals surface area contributed by atoms with Gasteiger partial charge in [-0.1, -0.05) is 0 Å². The van der Waals surface area contributed by atoms with E-state index in [0.717, 1.165) is 23.9 Å². The first-order chi connectivity index (χ1) is 12.3. The zero-order chi connectivity index (χ0) is 19.3. The van der Waals surface area contributed by atoms with Gasteiger partial charge in [-0.05, 0) is 50.5 Å². The molecule has 7 nitrogen and oxygen atoms in total. The highest BCUT2D eigenvalue weighted by atomic mass is 15.3. The van der Waals surface area contributed by atoms with E-state index in [0.29, 0.717) is 6.54 Å². The predicted molar refractivity (Wildman–Crippen MR) is 108 cm³/mol. The fourth-order valence-corrected chi connectivity index (χ4v) is 2.90. The van der Waals surface area contributed by atoms with Gasteiger partial charge < -0.3 is 15.5 Å². The molecule has 2 aromatic rings. The van der Waals surface area contributed by atoms with E-state index in [-0.39, 0.29) is 6.04 Å². The van der Waals surface area contributed by atoms with Crippen molar-refractivity contribution >= 4 is 11.8 Å². The molecular formula is C19H31N7. The van der Waals surface area contributed by atoms with Gasteiger partial charge in [0.1, 0.15) is 5.82 Å². The van der Waals surface area contributed by atoms with Gasteiger partial charge in [-0.2, -0.15) is 5.10 Å². The molecule has 0 aromatic carbocycles. The molecule has 0 spiro atoms. The summed E-state index contributed by atoms with van der Waals surface area (Å²) in [6, 6.07) is 4.34. The largest absolute Gasteiger partial charge is 0.363 e. The average Bonchev–Trinajstić information content (AvgIpc) is 2.85. The van der Waals surface area contributed by atoms with E-state index in [1.54, 1.807) is 7.05 Å². The maximum atomic E-state index is 4.49. The van der Waals surface area contributed by atoms with Gasteiger partial charge in [0.2, 0.25) is 0 Å². The number of aromatic nitrogens is 3. The highest BCUT2D eigenvalue weighted by Crippen LogP contribution is 2.14. The lowest BCUT2D eigenvalue weighted by Gasteiger charge is -2.19. The van der Waals surface area contributed by atoms with Crippen LogP contribution >= 0.6 is 0 Å². The molecule has 0 aliphatic heterocycles. The van der Waals surface area contributed by atoms with Gasteiger partial charge in [-0.15, -0.1) is 0 Å². The Hall–Kier alpha value is -2.57. The van der Waals surface area contributed by atoms with Crippen LogP contribution in [-0.4, -0.2) is 47.9 Å². The summed E-state index contributed by atoms with van der Waals surface area (Å²) in [5, 5.41) is 11.3. The number of pyridine rings is 1. The molecule has 0 saturated carbocycles.